The predicted octanol–water partition coefficient (Wildman–Crippen LogP) is 1.08. The minimum absolute atomic E-state index is 0.0799. The molecule has 11 heteroatoms. The van der Waals surface area contributed by atoms with Gasteiger partial charge in [-0.25, -0.2) is 0 Å². The van der Waals surface area contributed by atoms with Gasteiger partial charge in [-0.05, 0) is 36.5 Å². The highest BCUT2D eigenvalue weighted by atomic mass is 16.5. The minimum Gasteiger partial charge on any atom is -0.372 e. The number of ether oxygens (including phenoxy) is 1. The highest BCUT2D eigenvalue weighted by Crippen LogP contribution is 2.65. The van der Waals surface area contributed by atoms with Crippen molar-refractivity contribution in [1.29, 1.82) is 0 Å². The van der Waals surface area contributed by atoms with Crippen molar-refractivity contribution >= 4 is 34.4 Å². The van der Waals surface area contributed by atoms with Gasteiger partial charge in [0.05, 0.1) is 6.20 Å². The van der Waals surface area contributed by atoms with Crippen LogP contribution in [0.25, 0.3) is 10.8 Å². The molecule has 0 spiro atoms. The lowest BCUT2D eigenvalue weighted by molar-refractivity contribution is -0.145. The molecule has 11 nitrogen and oxygen atoms in total. The molecular formula is C28H36N6O5. The molecule has 3 fully saturated rings. The van der Waals surface area contributed by atoms with Crippen LogP contribution in [0.15, 0.2) is 30.5 Å². The van der Waals surface area contributed by atoms with Gasteiger partial charge < -0.3 is 26.0 Å². The summed E-state index contributed by atoms with van der Waals surface area (Å²) >= 11 is 0. The maximum atomic E-state index is 13.9. The van der Waals surface area contributed by atoms with Gasteiger partial charge >= 0.3 is 0 Å². The van der Waals surface area contributed by atoms with E-state index >= 15 is 0 Å². The Morgan fingerprint density at radius 3 is 2.56 bits per heavy atom. The lowest BCUT2D eigenvalue weighted by Crippen LogP contribution is -2.57. The van der Waals surface area contributed by atoms with Gasteiger partial charge in [0.25, 0.3) is 0 Å². The van der Waals surface area contributed by atoms with Gasteiger partial charge in [-0.15, -0.1) is 0 Å². The third-order valence-electron chi connectivity index (χ3n) is 8.81. The molecule has 1 aliphatic heterocycles. The van der Waals surface area contributed by atoms with Crippen molar-refractivity contribution in [2.24, 2.45) is 28.9 Å². The first-order chi connectivity index (χ1) is 18.5. The molecule has 1 aromatic heterocycles. The molecule has 0 radical (unpaired) electrons. The number of likely N-dealkylation sites (tertiary alicyclic amines) is 1. The monoisotopic (exact) mass is 536 g/mol. The molecule has 39 heavy (non-hydrogen) atoms. The number of amides is 4. The van der Waals surface area contributed by atoms with Crippen LogP contribution in [-0.4, -0.2) is 70.6 Å². The fourth-order valence-electron chi connectivity index (χ4n) is 6.08. The molecule has 3 aliphatic rings. The summed E-state index contributed by atoms with van der Waals surface area (Å²) in [5.41, 5.74) is 5.86. The second kappa shape index (κ2) is 10.2. The molecule has 4 N–H and O–H groups in total. The van der Waals surface area contributed by atoms with E-state index in [9.17, 15) is 19.2 Å². The zero-order chi connectivity index (χ0) is 28.1. The summed E-state index contributed by atoms with van der Waals surface area (Å²) in [7, 11) is 1.44. The average Bonchev–Trinajstić information content (AvgIpc) is 3.77. The zero-order valence-electron chi connectivity index (χ0n) is 22.7. The summed E-state index contributed by atoms with van der Waals surface area (Å²) in [5.74, 6) is -1.49. The Morgan fingerprint density at radius 2 is 1.90 bits per heavy atom. The minimum atomic E-state index is -1.22. The van der Waals surface area contributed by atoms with Crippen molar-refractivity contribution < 1.29 is 23.9 Å². The number of hydrogen-bond donors (Lipinski definition) is 3. The van der Waals surface area contributed by atoms with E-state index in [1.807, 2.05) is 12.1 Å². The van der Waals surface area contributed by atoms with Gasteiger partial charge in [-0.2, -0.15) is 10.2 Å². The Bertz CT molecular complexity index is 1310. The normalized spacial score (nSPS) is 25.3. The Kier molecular flexibility index (Phi) is 7.04. The van der Waals surface area contributed by atoms with Crippen molar-refractivity contribution in [3.05, 3.63) is 36.2 Å². The van der Waals surface area contributed by atoms with E-state index in [1.54, 1.807) is 30.2 Å². The standard InChI is InChI=1S/C28H36N6O5/c1-14(39-4)25(36)31-19(11-15-9-10-15)27(38)34-13-18-20(28(18,2)3)23(34)26(37)32-22(24(29)35)21-17-8-6-5-7-16(17)12-30-33-21/h5-8,12,14-15,18-20,22-23H,9-11,13H2,1-4H3,(H2,29,35)(H,31,36)(H,32,37)/t14?,18-,19?,20-,22?,23-/m0/s1. The first-order valence-electron chi connectivity index (χ1n) is 13.5. The SMILES string of the molecule is COC(C)C(=O)NC(CC1CC1)C(=O)N1C[C@H]2[C@@H]([C@H]1C(=O)NC(C(N)=O)c1nncc3ccccc13)C2(C)C. The van der Waals surface area contributed by atoms with Crippen LogP contribution in [0.1, 0.15) is 51.8 Å². The molecule has 2 saturated carbocycles. The second-order valence-electron chi connectivity index (χ2n) is 11.7. The van der Waals surface area contributed by atoms with E-state index in [1.165, 1.54) is 7.11 Å². The molecule has 2 aliphatic carbocycles. The highest BCUT2D eigenvalue weighted by molar-refractivity contribution is 5.97. The summed E-state index contributed by atoms with van der Waals surface area (Å²) in [6, 6.07) is 4.49. The van der Waals surface area contributed by atoms with E-state index in [0.717, 1.165) is 18.2 Å². The number of nitrogens with one attached hydrogen (secondary N) is 2. The van der Waals surface area contributed by atoms with E-state index in [0.29, 0.717) is 24.3 Å². The molecule has 2 heterocycles. The van der Waals surface area contributed by atoms with Crippen LogP contribution in [0.4, 0.5) is 0 Å². The molecule has 3 unspecified atom stereocenters. The van der Waals surface area contributed by atoms with E-state index in [2.05, 4.69) is 34.7 Å². The van der Waals surface area contributed by atoms with Gasteiger partial charge in [0.2, 0.25) is 23.6 Å². The van der Waals surface area contributed by atoms with Gasteiger partial charge in [-0.1, -0.05) is 51.0 Å². The smallest absolute Gasteiger partial charge is 0.249 e. The van der Waals surface area contributed by atoms with Gasteiger partial charge in [0.1, 0.15) is 23.9 Å². The topological polar surface area (TPSA) is 157 Å². The number of nitrogens with zero attached hydrogens (tertiary/aromatic N) is 3. The van der Waals surface area contributed by atoms with Crippen LogP contribution in [0.2, 0.25) is 0 Å². The molecule has 6 atom stereocenters. The number of primary amides is 1. The number of piperidine rings is 1. The van der Waals surface area contributed by atoms with Crippen LogP contribution >= 0.6 is 0 Å². The predicted molar refractivity (Wildman–Crippen MR) is 142 cm³/mol. The summed E-state index contributed by atoms with van der Waals surface area (Å²) in [6.07, 6.45) is 3.40. The van der Waals surface area contributed by atoms with Gasteiger partial charge in [0.15, 0.2) is 6.04 Å². The van der Waals surface area contributed by atoms with Crippen molar-refractivity contribution in [2.75, 3.05) is 13.7 Å². The van der Waals surface area contributed by atoms with Crippen LogP contribution in [0, 0.1) is 23.2 Å². The number of hydrogen-bond acceptors (Lipinski definition) is 7. The average molecular weight is 537 g/mol. The van der Waals surface area contributed by atoms with Crippen LogP contribution in [0.5, 0.6) is 0 Å². The van der Waals surface area contributed by atoms with Crippen molar-refractivity contribution in [1.82, 2.24) is 25.7 Å². The summed E-state index contributed by atoms with van der Waals surface area (Å²) < 4.78 is 5.13. The third-order valence-corrected chi connectivity index (χ3v) is 8.81. The Labute approximate surface area is 227 Å². The number of fused-ring (bicyclic) bond motifs is 2. The van der Waals surface area contributed by atoms with E-state index < -0.39 is 36.0 Å². The number of benzene rings is 1. The number of carbonyl (C=O) groups is 4. The Balaban J connectivity index is 1.41. The fraction of sp³-hybridized carbons (Fsp3) is 0.571. The molecule has 1 saturated heterocycles. The summed E-state index contributed by atoms with van der Waals surface area (Å²) in [4.78, 5) is 54.5. The van der Waals surface area contributed by atoms with Crippen molar-refractivity contribution in [2.45, 2.75) is 64.3 Å². The number of aromatic nitrogens is 2. The number of methoxy groups -OCH3 is 1. The molecule has 2 aromatic rings. The first-order valence-corrected chi connectivity index (χ1v) is 13.5. The fourth-order valence-corrected chi connectivity index (χ4v) is 6.08. The molecule has 0 bridgehead atoms. The highest BCUT2D eigenvalue weighted by Gasteiger charge is 2.69. The Hall–Kier alpha value is -3.60. The second-order valence-corrected chi connectivity index (χ2v) is 11.7. The molecule has 5 rings (SSSR count). The van der Waals surface area contributed by atoms with Gasteiger partial charge in [-0.3, -0.25) is 19.2 Å². The van der Waals surface area contributed by atoms with Crippen molar-refractivity contribution in [3.63, 3.8) is 0 Å². The lowest BCUT2D eigenvalue weighted by Gasteiger charge is -2.34. The van der Waals surface area contributed by atoms with Crippen LogP contribution < -0.4 is 16.4 Å². The van der Waals surface area contributed by atoms with E-state index in [-0.39, 0.29) is 34.8 Å². The largest absolute Gasteiger partial charge is 0.372 e. The van der Waals surface area contributed by atoms with Crippen LogP contribution in [0.3, 0.4) is 0 Å². The number of nitrogens with two attached hydrogens (primary N) is 1. The first kappa shape index (κ1) is 27.0. The lowest BCUT2D eigenvalue weighted by atomic mass is 9.98. The number of rotatable bonds is 10. The zero-order valence-corrected chi connectivity index (χ0v) is 22.7. The molecule has 1 aromatic carbocycles. The van der Waals surface area contributed by atoms with E-state index in [4.69, 9.17) is 10.5 Å². The maximum absolute atomic E-state index is 13.9. The summed E-state index contributed by atoms with van der Waals surface area (Å²) in [5, 5.41) is 15.2. The maximum Gasteiger partial charge on any atom is 0.249 e. The third kappa shape index (κ3) is 5.07. The van der Waals surface area contributed by atoms with Crippen LogP contribution in [-0.2, 0) is 23.9 Å². The van der Waals surface area contributed by atoms with Crippen molar-refractivity contribution in [3.8, 4) is 0 Å². The molecule has 4 amide bonds. The quantitative estimate of drug-likeness (QED) is 0.410. The number of carbonyl (C=O) groups excluding carboxylic acids is 4. The molecular weight excluding hydrogens is 500 g/mol. The Morgan fingerprint density at radius 1 is 1.18 bits per heavy atom. The molecule has 208 valence electrons. The van der Waals surface area contributed by atoms with Gasteiger partial charge in [0, 0.05) is 24.4 Å². The summed E-state index contributed by atoms with van der Waals surface area (Å²) in [6.45, 7) is 6.19.